The average Bonchev–Trinajstić information content (AvgIpc) is 1.63. The Kier molecular flexibility index (Phi) is 9.27. The monoisotopic (exact) mass is 152 g/mol. The first-order chi connectivity index (χ1) is 4.16. The molecule has 0 amide bonds. The van der Waals surface area contributed by atoms with Crippen molar-refractivity contribution in [3.8, 4) is 0 Å². The van der Waals surface area contributed by atoms with Crippen LogP contribution in [0.4, 0.5) is 0 Å². The molecule has 0 aromatic carbocycles. The third kappa shape index (κ3) is 8.14. The predicted molar refractivity (Wildman–Crippen MR) is 29.5 cm³/mol. The molecule has 0 unspecified atom stereocenters. The van der Waals surface area contributed by atoms with E-state index in [1.807, 2.05) is 6.92 Å². The Morgan fingerprint density at radius 3 is 2.20 bits per heavy atom. The molecule has 0 heterocycles. The van der Waals surface area contributed by atoms with Crippen LogP contribution in [0, 0.1) is 0 Å². The maximum absolute atomic E-state index is 10.4. The molecule has 0 bridgehead atoms. The quantitative estimate of drug-likeness (QED) is 0.310. The zero-order chi connectivity index (χ0) is 7.28. The van der Waals surface area contributed by atoms with Crippen LogP contribution in [-0.4, -0.2) is 11.8 Å². The Balaban J connectivity index is 0. The molecule has 0 aliphatic heterocycles. The van der Waals surface area contributed by atoms with Crippen LogP contribution in [0.5, 0.6) is 0 Å². The Bertz CT molecular complexity index is 122. The van der Waals surface area contributed by atoms with Gasteiger partial charge < -0.3 is 9.90 Å². The van der Waals surface area contributed by atoms with Gasteiger partial charge in [-0.3, -0.25) is 4.79 Å². The normalized spacial score (nSPS) is 8.10. The maximum Gasteiger partial charge on any atom is 1.00 e. The van der Waals surface area contributed by atoms with E-state index >= 15 is 0 Å². The first-order valence-corrected chi connectivity index (χ1v) is 2.88. The summed E-state index contributed by atoms with van der Waals surface area (Å²) in [5.41, 5.74) is 0. The number of hydrogen-bond donors (Lipinski definition) is 0. The second-order valence-corrected chi connectivity index (χ2v) is 1.84. The van der Waals surface area contributed by atoms with E-state index in [2.05, 4.69) is 0 Å². The van der Waals surface area contributed by atoms with Crippen molar-refractivity contribution in [2.75, 3.05) is 0 Å². The minimum absolute atomic E-state index is 0. The Morgan fingerprint density at radius 1 is 1.40 bits per heavy atom. The van der Waals surface area contributed by atoms with E-state index in [0.29, 0.717) is 12.8 Å². The van der Waals surface area contributed by atoms with Crippen LogP contribution in [0.2, 0.25) is 0 Å². The SMILES string of the molecule is CCCC(=O)CC(=O)[O-].[Na+]. The molecule has 0 saturated carbocycles. The van der Waals surface area contributed by atoms with E-state index in [0.717, 1.165) is 0 Å². The van der Waals surface area contributed by atoms with Gasteiger partial charge in [0.05, 0.1) is 0 Å². The number of carboxylic acid groups (broad SMARTS) is 1. The molecule has 0 atom stereocenters. The van der Waals surface area contributed by atoms with E-state index in [1.165, 1.54) is 0 Å². The molecule has 0 saturated heterocycles. The van der Waals surface area contributed by atoms with Crippen molar-refractivity contribution < 1.29 is 44.3 Å². The number of Topliss-reactive ketones (excluding diaryl/α,β-unsaturated/α-hetero) is 1. The summed E-state index contributed by atoms with van der Waals surface area (Å²) >= 11 is 0. The first-order valence-electron chi connectivity index (χ1n) is 2.88. The molecular weight excluding hydrogens is 143 g/mol. The van der Waals surface area contributed by atoms with Gasteiger partial charge in [-0.15, -0.1) is 0 Å². The van der Waals surface area contributed by atoms with Crippen molar-refractivity contribution in [1.82, 2.24) is 0 Å². The van der Waals surface area contributed by atoms with Crippen molar-refractivity contribution in [3.05, 3.63) is 0 Å². The van der Waals surface area contributed by atoms with Gasteiger partial charge in [0.25, 0.3) is 0 Å². The summed E-state index contributed by atoms with van der Waals surface area (Å²) in [5, 5.41) is 9.75. The van der Waals surface area contributed by atoms with Crippen LogP contribution in [0.15, 0.2) is 0 Å². The predicted octanol–water partition coefficient (Wildman–Crippen LogP) is -3.50. The van der Waals surface area contributed by atoms with Gasteiger partial charge in [-0.05, 0) is 6.42 Å². The molecule has 0 aliphatic rings. The average molecular weight is 152 g/mol. The zero-order valence-corrected chi connectivity index (χ0v) is 8.35. The van der Waals surface area contributed by atoms with Gasteiger partial charge in [0, 0.05) is 18.8 Å². The maximum atomic E-state index is 10.4. The van der Waals surface area contributed by atoms with Gasteiger partial charge in [-0.2, -0.15) is 0 Å². The molecule has 0 fully saturated rings. The molecule has 0 radical (unpaired) electrons. The number of ketones is 1. The van der Waals surface area contributed by atoms with Gasteiger partial charge in [0.1, 0.15) is 5.78 Å². The molecule has 10 heavy (non-hydrogen) atoms. The molecule has 0 aliphatic carbocycles. The van der Waals surface area contributed by atoms with Gasteiger partial charge in [-0.1, -0.05) is 6.92 Å². The van der Waals surface area contributed by atoms with Crippen molar-refractivity contribution in [2.45, 2.75) is 26.2 Å². The first kappa shape index (κ1) is 12.8. The summed E-state index contributed by atoms with van der Waals surface area (Å²) in [6.07, 6.45) is 0.605. The fourth-order valence-electron chi connectivity index (χ4n) is 0.528. The van der Waals surface area contributed by atoms with Crippen molar-refractivity contribution in [2.24, 2.45) is 0 Å². The Hall–Kier alpha value is 0.140. The molecule has 0 spiro atoms. The second-order valence-electron chi connectivity index (χ2n) is 1.84. The molecule has 3 nitrogen and oxygen atoms in total. The van der Waals surface area contributed by atoms with E-state index in [9.17, 15) is 14.7 Å². The van der Waals surface area contributed by atoms with Crippen molar-refractivity contribution >= 4 is 11.8 Å². The molecular formula is C6H9NaO3. The second kappa shape index (κ2) is 7.25. The summed E-state index contributed by atoms with van der Waals surface area (Å²) in [5.74, 6) is -1.54. The minimum atomic E-state index is -1.28. The van der Waals surface area contributed by atoms with Crippen molar-refractivity contribution in [3.63, 3.8) is 0 Å². The summed E-state index contributed by atoms with van der Waals surface area (Å²) in [4.78, 5) is 20.2. The fourth-order valence-corrected chi connectivity index (χ4v) is 0.528. The summed E-state index contributed by atoms with van der Waals surface area (Å²) < 4.78 is 0. The minimum Gasteiger partial charge on any atom is -0.550 e. The van der Waals surface area contributed by atoms with Gasteiger partial charge in [0.15, 0.2) is 0 Å². The van der Waals surface area contributed by atoms with E-state index in [1.54, 1.807) is 0 Å². The van der Waals surface area contributed by atoms with Crippen LogP contribution >= 0.6 is 0 Å². The van der Waals surface area contributed by atoms with Gasteiger partial charge in [0.2, 0.25) is 0 Å². The summed E-state index contributed by atoms with van der Waals surface area (Å²) in [7, 11) is 0. The van der Waals surface area contributed by atoms with Crippen LogP contribution in [-0.2, 0) is 9.59 Å². The fraction of sp³-hybridized carbons (Fsp3) is 0.667. The third-order valence-electron chi connectivity index (χ3n) is 0.870. The number of hydrogen-bond acceptors (Lipinski definition) is 3. The molecule has 4 heteroatoms. The summed E-state index contributed by atoms with van der Waals surface area (Å²) in [6.45, 7) is 1.83. The number of carbonyl (C=O) groups is 2. The Morgan fingerprint density at radius 2 is 1.90 bits per heavy atom. The topological polar surface area (TPSA) is 57.2 Å². The number of aliphatic carboxylic acids is 1. The summed E-state index contributed by atoms with van der Waals surface area (Å²) in [6, 6.07) is 0. The van der Waals surface area contributed by atoms with Crippen LogP contribution in [0.1, 0.15) is 26.2 Å². The van der Waals surface area contributed by atoms with E-state index in [-0.39, 0.29) is 35.3 Å². The van der Waals surface area contributed by atoms with Crippen LogP contribution < -0.4 is 34.7 Å². The molecule has 0 aromatic heterocycles. The van der Waals surface area contributed by atoms with Gasteiger partial charge in [-0.25, -0.2) is 0 Å². The smallest absolute Gasteiger partial charge is 0.550 e. The number of rotatable bonds is 4. The molecule has 52 valence electrons. The van der Waals surface area contributed by atoms with Crippen LogP contribution in [0.3, 0.4) is 0 Å². The number of carbonyl (C=O) groups excluding carboxylic acids is 2. The molecule has 0 aromatic rings. The van der Waals surface area contributed by atoms with Gasteiger partial charge >= 0.3 is 29.6 Å². The molecule has 0 N–H and O–H groups in total. The molecule has 0 rings (SSSR count). The van der Waals surface area contributed by atoms with E-state index < -0.39 is 12.4 Å². The van der Waals surface area contributed by atoms with Crippen LogP contribution in [0.25, 0.3) is 0 Å². The standard InChI is InChI=1S/C6H10O3.Na/c1-2-3-5(7)4-6(8)9;/h2-4H2,1H3,(H,8,9);/q;+1/p-1. The Labute approximate surface area is 82.1 Å². The van der Waals surface area contributed by atoms with Crippen molar-refractivity contribution in [1.29, 1.82) is 0 Å². The third-order valence-corrected chi connectivity index (χ3v) is 0.870. The number of carboxylic acids is 1. The van der Waals surface area contributed by atoms with E-state index in [4.69, 9.17) is 0 Å². The largest absolute Gasteiger partial charge is 1.00 e. The zero-order valence-electron chi connectivity index (χ0n) is 6.35.